The van der Waals surface area contributed by atoms with Crippen molar-refractivity contribution in [2.75, 3.05) is 11.9 Å². The van der Waals surface area contributed by atoms with E-state index in [1.807, 2.05) is 30.2 Å². The van der Waals surface area contributed by atoms with Crippen molar-refractivity contribution in [3.8, 4) is 0 Å². The SMILES string of the molecule is CC1CCCCC1CNc1nccc2c1ncn2C. The topological polar surface area (TPSA) is 42.7 Å². The van der Waals surface area contributed by atoms with Gasteiger partial charge in [0.25, 0.3) is 0 Å². The van der Waals surface area contributed by atoms with Crippen LogP contribution < -0.4 is 5.32 Å². The van der Waals surface area contributed by atoms with Crippen LogP contribution >= 0.6 is 0 Å². The number of fused-ring (bicyclic) bond motifs is 1. The molecule has 1 N–H and O–H groups in total. The summed E-state index contributed by atoms with van der Waals surface area (Å²) in [6, 6.07) is 2.01. The first kappa shape index (κ1) is 12.5. The van der Waals surface area contributed by atoms with Gasteiger partial charge in [-0.2, -0.15) is 0 Å². The van der Waals surface area contributed by atoms with Crippen molar-refractivity contribution in [1.82, 2.24) is 14.5 Å². The van der Waals surface area contributed by atoms with Crippen molar-refractivity contribution < 1.29 is 0 Å². The monoisotopic (exact) mass is 258 g/mol. The molecule has 0 aliphatic heterocycles. The van der Waals surface area contributed by atoms with E-state index in [0.29, 0.717) is 0 Å². The Labute approximate surface area is 114 Å². The lowest BCUT2D eigenvalue weighted by molar-refractivity contribution is 0.268. The molecule has 2 aromatic rings. The number of pyridine rings is 1. The van der Waals surface area contributed by atoms with E-state index in [2.05, 4.69) is 22.2 Å². The molecule has 1 saturated carbocycles. The van der Waals surface area contributed by atoms with Gasteiger partial charge in [0.1, 0.15) is 5.52 Å². The van der Waals surface area contributed by atoms with Crippen LogP contribution in [0.5, 0.6) is 0 Å². The van der Waals surface area contributed by atoms with Crippen LogP contribution in [0.1, 0.15) is 32.6 Å². The Hall–Kier alpha value is -1.58. The fourth-order valence-electron chi connectivity index (χ4n) is 3.12. The van der Waals surface area contributed by atoms with Gasteiger partial charge >= 0.3 is 0 Å². The Morgan fingerprint density at radius 1 is 1.32 bits per heavy atom. The van der Waals surface area contributed by atoms with Gasteiger partial charge in [0.05, 0.1) is 11.8 Å². The van der Waals surface area contributed by atoms with E-state index >= 15 is 0 Å². The first-order valence-corrected chi connectivity index (χ1v) is 7.25. The second-order valence-corrected chi connectivity index (χ2v) is 5.79. The van der Waals surface area contributed by atoms with E-state index in [1.54, 1.807) is 0 Å². The molecular weight excluding hydrogens is 236 g/mol. The van der Waals surface area contributed by atoms with Crippen LogP contribution in [0.4, 0.5) is 5.82 Å². The van der Waals surface area contributed by atoms with Crippen LogP contribution in [0.2, 0.25) is 0 Å². The van der Waals surface area contributed by atoms with Crippen LogP contribution in [0.3, 0.4) is 0 Å². The van der Waals surface area contributed by atoms with E-state index < -0.39 is 0 Å². The second-order valence-electron chi connectivity index (χ2n) is 5.79. The van der Waals surface area contributed by atoms with Crippen molar-refractivity contribution in [2.24, 2.45) is 18.9 Å². The standard InChI is InChI=1S/C15H22N4/c1-11-5-3-4-6-12(11)9-17-15-14-13(7-8-16-15)19(2)10-18-14/h7-8,10-12H,3-6,9H2,1-2H3,(H,16,17). The quantitative estimate of drug-likeness (QED) is 0.919. The van der Waals surface area contributed by atoms with Crippen LogP contribution in [0.25, 0.3) is 11.0 Å². The molecule has 0 radical (unpaired) electrons. The Morgan fingerprint density at radius 2 is 2.16 bits per heavy atom. The van der Waals surface area contributed by atoms with E-state index in [9.17, 15) is 0 Å². The number of hydrogen-bond donors (Lipinski definition) is 1. The van der Waals surface area contributed by atoms with E-state index in [0.717, 1.165) is 35.2 Å². The molecule has 2 unspecified atom stereocenters. The van der Waals surface area contributed by atoms with Crippen molar-refractivity contribution >= 4 is 16.9 Å². The molecule has 0 amide bonds. The van der Waals surface area contributed by atoms with Crippen molar-refractivity contribution in [1.29, 1.82) is 0 Å². The molecule has 1 fully saturated rings. The Morgan fingerprint density at radius 3 is 3.00 bits per heavy atom. The lowest BCUT2D eigenvalue weighted by atomic mass is 9.80. The van der Waals surface area contributed by atoms with Crippen molar-refractivity contribution in [3.05, 3.63) is 18.6 Å². The number of aryl methyl sites for hydroxylation is 1. The molecule has 0 saturated heterocycles. The van der Waals surface area contributed by atoms with Crippen molar-refractivity contribution in [2.45, 2.75) is 32.6 Å². The van der Waals surface area contributed by atoms with Crippen LogP contribution in [0.15, 0.2) is 18.6 Å². The maximum Gasteiger partial charge on any atom is 0.154 e. The number of nitrogens with zero attached hydrogens (tertiary/aromatic N) is 3. The van der Waals surface area contributed by atoms with Gasteiger partial charge in [-0.15, -0.1) is 0 Å². The van der Waals surface area contributed by atoms with Crippen LogP contribution in [-0.4, -0.2) is 21.1 Å². The Kier molecular flexibility index (Phi) is 3.40. The average molecular weight is 258 g/mol. The molecule has 2 heterocycles. The molecule has 0 bridgehead atoms. The van der Waals surface area contributed by atoms with Gasteiger partial charge in [0.2, 0.25) is 0 Å². The zero-order valence-electron chi connectivity index (χ0n) is 11.8. The Bertz CT molecular complexity index is 560. The highest BCUT2D eigenvalue weighted by Crippen LogP contribution is 2.30. The zero-order chi connectivity index (χ0) is 13.2. The highest BCUT2D eigenvalue weighted by Gasteiger charge is 2.21. The summed E-state index contributed by atoms with van der Waals surface area (Å²) in [5.41, 5.74) is 2.11. The molecule has 0 aromatic carbocycles. The molecule has 102 valence electrons. The predicted octanol–water partition coefficient (Wildman–Crippen LogP) is 3.21. The third-order valence-electron chi connectivity index (χ3n) is 4.46. The first-order chi connectivity index (χ1) is 9.25. The summed E-state index contributed by atoms with van der Waals surface area (Å²) in [6.07, 6.45) is 9.18. The molecule has 1 aliphatic rings. The summed E-state index contributed by atoms with van der Waals surface area (Å²) < 4.78 is 2.03. The second kappa shape index (κ2) is 5.19. The molecule has 2 aromatic heterocycles. The lowest BCUT2D eigenvalue weighted by Crippen LogP contribution is -2.24. The highest BCUT2D eigenvalue weighted by molar-refractivity contribution is 5.85. The average Bonchev–Trinajstić information content (AvgIpc) is 2.81. The summed E-state index contributed by atoms with van der Waals surface area (Å²) in [4.78, 5) is 8.88. The smallest absolute Gasteiger partial charge is 0.154 e. The van der Waals surface area contributed by atoms with Gasteiger partial charge < -0.3 is 9.88 Å². The van der Waals surface area contributed by atoms with Gasteiger partial charge in [0, 0.05) is 19.8 Å². The predicted molar refractivity (Wildman–Crippen MR) is 78.1 cm³/mol. The minimum Gasteiger partial charge on any atom is -0.368 e. The number of anilines is 1. The van der Waals surface area contributed by atoms with Gasteiger partial charge in [-0.1, -0.05) is 26.2 Å². The third kappa shape index (κ3) is 2.44. The normalized spacial score (nSPS) is 23.7. The highest BCUT2D eigenvalue weighted by atomic mass is 15.1. The number of imidazole rings is 1. The van der Waals surface area contributed by atoms with Crippen molar-refractivity contribution in [3.63, 3.8) is 0 Å². The summed E-state index contributed by atoms with van der Waals surface area (Å²) in [6.45, 7) is 3.39. The minimum absolute atomic E-state index is 0.773. The molecule has 1 aliphatic carbocycles. The summed E-state index contributed by atoms with van der Waals surface area (Å²) >= 11 is 0. The number of hydrogen-bond acceptors (Lipinski definition) is 3. The fraction of sp³-hybridized carbons (Fsp3) is 0.600. The molecule has 0 spiro atoms. The zero-order valence-corrected chi connectivity index (χ0v) is 11.8. The maximum atomic E-state index is 4.44. The summed E-state index contributed by atoms with van der Waals surface area (Å²) in [5.74, 6) is 2.52. The fourth-order valence-corrected chi connectivity index (χ4v) is 3.12. The van der Waals surface area contributed by atoms with Gasteiger partial charge in [-0.05, 0) is 24.3 Å². The third-order valence-corrected chi connectivity index (χ3v) is 4.46. The van der Waals surface area contributed by atoms with Gasteiger partial charge in [-0.25, -0.2) is 9.97 Å². The van der Waals surface area contributed by atoms with E-state index in [4.69, 9.17) is 0 Å². The molecular formula is C15H22N4. The number of aromatic nitrogens is 3. The van der Waals surface area contributed by atoms with E-state index in [-0.39, 0.29) is 0 Å². The van der Waals surface area contributed by atoms with Gasteiger partial charge in [-0.3, -0.25) is 0 Å². The molecule has 3 rings (SSSR count). The largest absolute Gasteiger partial charge is 0.368 e. The van der Waals surface area contributed by atoms with Crippen LogP contribution in [0, 0.1) is 11.8 Å². The minimum atomic E-state index is 0.773. The summed E-state index contributed by atoms with van der Waals surface area (Å²) in [7, 11) is 2.02. The maximum absolute atomic E-state index is 4.44. The lowest BCUT2D eigenvalue weighted by Gasteiger charge is -2.28. The first-order valence-electron chi connectivity index (χ1n) is 7.25. The number of rotatable bonds is 3. The number of nitrogens with one attached hydrogen (secondary N) is 1. The molecule has 19 heavy (non-hydrogen) atoms. The van der Waals surface area contributed by atoms with Gasteiger partial charge in [0.15, 0.2) is 5.82 Å². The Balaban J connectivity index is 1.74. The summed E-state index contributed by atoms with van der Waals surface area (Å²) in [5, 5.41) is 3.51. The molecule has 4 nitrogen and oxygen atoms in total. The molecule has 4 heteroatoms. The van der Waals surface area contributed by atoms with E-state index in [1.165, 1.54) is 25.7 Å². The molecule has 2 atom stereocenters. The van der Waals surface area contributed by atoms with Crippen LogP contribution in [-0.2, 0) is 7.05 Å².